The smallest absolute Gasteiger partial charge is 0.0546 e. The molecule has 0 aliphatic heterocycles. The van der Waals surface area contributed by atoms with E-state index in [1.54, 1.807) is 0 Å². The van der Waals surface area contributed by atoms with Crippen LogP contribution in [0.4, 0.5) is 34.1 Å². The Morgan fingerprint density at radius 1 is 0.232 bits per heavy atom. The van der Waals surface area contributed by atoms with E-state index >= 15 is 0 Å². The van der Waals surface area contributed by atoms with E-state index in [1.165, 1.54) is 165 Å². The van der Waals surface area contributed by atoms with Crippen molar-refractivity contribution in [1.82, 2.24) is 0 Å². The molecule has 16 rings (SSSR count). The van der Waals surface area contributed by atoms with Crippen molar-refractivity contribution >= 4 is 110 Å². The quantitative estimate of drug-likeness (QED) is 0.0941. The molecule has 0 radical (unpaired) electrons. The summed E-state index contributed by atoms with van der Waals surface area (Å²) in [5.41, 5.74) is 22.3. The van der Waals surface area contributed by atoms with Crippen LogP contribution in [0, 0.1) is 27.7 Å². The number of aryl methyl sites for hydroxylation is 4. The van der Waals surface area contributed by atoms with Gasteiger partial charge in [-0.15, -0.1) is 0 Å². The first kappa shape index (κ1) is 61.4. The fourth-order valence-electron chi connectivity index (χ4n) is 14.7. The standard InChI is InChI=1S/C52H50N2.C40H26.CH4/c1-33(2)39-17-21-41(22-18-39)53(43-27-35(5)25-36(6)28-43)51-31-49-46-14-10-12-16-48(46)52(32-50(49)45-13-9-11-15-47(45)51)54(44-29-37(7)26-38(8)30-44)42-23-19-40(20-24-42)34(3)4;1-2-12-31-26-32(25-20-27(31)10-1)40-37-17-7-5-15-35(37)39(36-16-6-8-18-38(36)40)30-23-21-29(22-24-30)34-19-9-13-28-11-3-4-14-33(28)34;/h9-34H,1-8H3;1-26H;1H4. The largest absolute Gasteiger partial charge is 0.310 e. The van der Waals surface area contributed by atoms with Gasteiger partial charge in [-0.1, -0.05) is 272 Å². The van der Waals surface area contributed by atoms with E-state index in [0.717, 1.165) is 11.4 Å². The van der Waals surface area contributed by atoms with Crippen molar-refractivity contribution < 1.29 is 0 Å². The molecule has 0 saturated heterocycles. The van der Waals surface area contributed by atoms with Crippen LogP contribution in [0.3, 0.4) is 0 Å². The van der Waals surface area contributed by atoms with Crippen LogP contribution in [0.2, 0.25) is 0 Å². The highest BCUT2D eigenvalue weighted by atomic mass is 15.2. The second-order valence-corrected chi connectivity index (χ2v) is 26.3. The number of hydrogen-bond donors (Lipinski definition) is 0. The highest BCUT2D eigenvalue weighted by Gasteiger charge is 2.24. The van der Waals surface area contributed by atoms with Crippen molar-refractivity contribution in [3.05, 3.63) is 337 Å². The van der Waals surface area contributed by atoms with Crippen LogP contribution in [0.25, 0.3) is 109 Å². The zero-order valence-corrected chi connectivity index (χ0v) is 54.9. The molecule has 0 atom stereocenters. The Bertz CT molecular complexity index is 5250. The van der Waals surface area contributed by atoms with E-state index in [0.29, 0.717) is 11.8 Å². The lowest BCUT2D eigenvalue weighted by Gasteiger charge is -2.30. The number of fused-ring (bicyclic) bond motifs is 9. The Hall–Kier alpha value is -11.1. The third kappa shape index (κ3) is 11.7. The molecule has 0 fully saturated rings. The minimum atomic E-state index is 0. The molecule has 462 valence electrons. The Balaban J connectivity index is 0.000000169. The fourth-order valence-corrected chi connectivity index (χ4v) is 14.7. The first-order valence-electron chi connectivity index (χ1n) is 33.3. The van der Waals surface area contributed by atoms with E-state index in [9.17, 15) is 0 Å². The first-order chi connectivity index (χ1) is 45.9. The molecule has 2 heteroatoms. The van der Waals surface area contributed by atoms with Gasteiger partial charge in [0.15, 0.2) is 0 Å². The van der Waals surface area contributed by atoms with Gasteiger partial charge in [-0.2, -0.15) is 0 Å². The van der Waals surface area contributed by atoms with Crippen molar-refractivity contribution in [2.45, 2.75) is 74.7 Å². The molecule has 0 N–H and O–H groups in total. The van der Waals surface area contributed by atoms with Crippen LogP contribution in [-0.2, 0) is 0 Å². The highest BCUT2D eigenvalue weighted by Crippen LogP contribution is 2.50. The topological polar surface area (TPSA) is 6.48 Å². The highest BCUT2D eigenvalue weighted by molar-refractivity contribution is 6.25. The Morgan fingerprint density at radius 3 is 1.02 bits per heavy atom. The maximum Gasteiger partial charge on any atom is 0.0546 e. The SMILES string of the molecule is C.Cc1cc(C)cc(N(c2ccc(C(C)C)cc2)c2cc3c4ccccc4c(N(c4ccc(C(C)C)cc4)c4cc(C)cc(C)c4)cc3c3ccccc23)c1.c1ccc2cc(-c3c4ccccc4c(-c4ccc(-c5cccc6ccccc56)cc4)c4ccccc34)ccc2c1. The minimum absolute atomic E-state index is 0. The van der Waals surface area contributed by atoms with Gasteiger partial charge in [0.05, 0.1) is 11.4 Å². The molecule has 0 heterocycles. The summed E-state index contributed by atoms with van der Waals surface area (Å²) in [7, 11) is 0. The molecule has 16 aromatic carbocycles. The zero-order chi connectivity index (χ0) is 64.1. The van der Waals surface area contributed by atoms with E-state index in [-0.39, 0.29) is 7.43 Å². The average molecular weight is 1230 g/mol. The maximum absolute atomic E-state index is 2.46. The van der Waals surface area contributed by atoms with Gasteiger partial charge in [0.1, 0.15) is 0 Å². The molecule has 0 aliphatic rings. The van der Waals surface area contributed by atoms with Crippen molar-refractivity contribution in [2.24, 2.45) is 0 Å². The summed E-state index contributed by atoms with van der Waals surface area (Å²) in [6, 6.07) is 112. The number of nitrogens with zero attached hydrogens (tertiary/aromatic N) is 2. The first-order valence-corrected chi connectivity index (χ1v) is 33.3. The summed E-state index contributed by atoms with van der Waals surface area (Å²) < 4.78 is 0. The summed E-state index contributed by atoms with van der Waals surface area (Å²) in [6.07, 6.45) is 0. The number of rotatable bonds is 11. The van der Waals surface area contributed by atoms with Crippen molar-refractivity contribution in [3.8, 4) is 33.4 Å². The van der Waals surface area contributed by atoms with Gasteiger partial charge in [-0.05, 0) is 238 Å². The van der Waals surface area contributed by atoms with Gasteiger partial charge in [0.2, 0.25) is 0 Å². The molecule has 0 amide bonds. The predicted octanol–water partition coefficient (Wildman–Crippen LogP) is 27.5. The predicted molar refractivity (Wildman–Crippen MR) is 415 cm³/mol. The van der Waals surface area contributed by atoms with Gasteiger partial charge in [0, 0.05) is 33.5 Å². The van der Waals surface area contributed by atoms with Crippen molar-refractivity contribution in [1.29, 1.82) is 0 Å². The summed E-state index contributed by atoms with van der Waals surface area (Å²) >= 11 is 0. The van der Waals surface area contributed by atoms with Gasteiger partial charge in [-0.25, -0.2) is 0 Å². The lowest BCUT2D eigenvalue weighted by atomic mass is 9.85. The molecule has 0 saturated carbocycles. The van der Waals surface area contributed by atoms with Crippen molar-refractivity contribution in [3.63, 3.8) is 0 Å². The van der Waals surface area contributed by atoms with E-state index in [1.807, 2.05) is 0 Å². The maximum atomic E-state index is 2.46. The molecule has 0 aliphatic carbocycles. The van der Waals surface area contributed by atoms with Crippen LogP contribution in [0.15, 0.2) is 303 Å². The van der Waals surface area contributed by atoms with Crippen LogP contribution < -0.4 is 9.80 Å². The lowest BCUT2D eigenvalue weighted by Crippen LogP contribution is -2.12. The van der Waals surface area contributed by atoms with Crippen LogP contribution in [-0.4, -0.2) is 0 Å². The van der Waals surface area contributed by atoms with Gasteiger partial charge >= 0.3 is 0 Å². The number of anilines is 6. The Kier molecular flexibility index (Phi) is 16.7. The molecule has 2 nitrogen and oxygen atoms in total. The lowest BCUT2D eigenvalue weighted by molar-refractivity contribution is 0.866. The fraction of sp³-hybridized carbons (Fsp3) is 0.118. The Morgan fingerprint density at radius 2 is 0.579 bits per heavy atom. The second-order valence-electron chi connectivity index (χ2n) is 26.3. The third-order valence-electron chi connectivity index (χ3n) is 19.1. The van der Waals surface area contributed by atoms with Crippen LogP contribution >= 0.6 is 0 Å². The van der Waals surface area contributed by atoms with E-state index in [4.69, 9.17) is 0 Å². The average Bonchev–Trinajstić information content (AvgIpc) is 0.734. The molecule has 0 bridgehead atoms. The summed E-state index contributed by atoms with van der Waals surface area (Å²) in [5.74, 6) is 0.930. The Labute approximate surface area is 560 Å². The zero-order valence-electron chi connectivity index (χ0n) is 54.9. The van der Waals surface area contributed by atoms with Gasteiger partial charge in [-0.3, -0.25) is 0 Å². The minimum Gasteiger partial charge on any atom is -0.310 e. The van der Waals surface area contributed by atoms with Gasteiger partial charge < -0.3 is 9.80 Å². The van der Waals surface area contributed by atoms with Crippen LogP contribution in [0.1, 0.15) is 80.3 Å². The summed E-state index contributed by atoms with van der Waals surface area (Å²) in [6.45, 7) is 17.8. The van der Waals surface area contributed by atoms with Gasteiger partial charge in [0.25, 0.3) is 0 Å². The third-order valence-corrected chi connectivity index (χ3v) is 19.1. The molecule has 16 aromatic rings. The monoisotopic (exact) mass is 1220 g/mol. The number of hydrogen-bond acceptors (Lipinski definition) is 2. The molecule has 0 aromatic heterocycles. The molecule has 0 unspecified atom stereocenters. The summed E-state index contributed by atoms with van der Waals surface area (Å²) in [5, 5.41) is 17.6. The second kappa shape index (κ2) is 25.8. The molecule has 95 heavy (non-hydrogen) atoms. The van der Waals surface area contributed by atoms with E-state index < -0.39 is 0 Å². The number of benzene rings is 16. The molecule has 0 spiro atoms. The summed E-state index contributed by atoms with van der Waals surface area (Å²) in [4.78, 5) is 4.93. The van der Waals surface area contributed by atoms with Crippen LogP contribution in [0.5, 0.6) is 0 Å². The van der Waals surface area contributed by atoms with E-state index in [2.05, 4.69) is 369 Å². The van der Waals surface area contributed by atoms with Crippen molar-refractivity contribution in [2.75, 3.05) is 9.80 Å². The molecular weight excluding hydrogens is 1150 g/mol. The normalized spacial score (nSPS) is 11.5. The molecular formula is C93H80N2.